The van der Waals surface area contributed by atoms with E-state index in [9.17, 15) is 14.7 Å². The predicted molar refractivity (Wildman–Crippen MR) is 121 cm³/mol. The first-order valence-electron chi connectivity index (χ1n) is 10.8. The summed E-state index contributed by atoms with van der Waals surface area (Å²) in [6.07, 6.45) is 7.38. The largest absolute Gasteiger partial charge is 0.478 e. The highest BCUT2D eigenvalue weighted by atomic mass is 35.5. The molecular formula is C23H27ClN4O3. The lowest BCUT2D eigenvalue weighted by Crippen LogP contribution is -2.47. The number of hydrogen-bond donors (Lipinski definition) is 2. The summed E-state index contributed by atoms with van der Waals surface area (Å²) >= 11 is 6.08. The molecule has 2 aromatic rings. The van der Waals surface area contributed by atoms with Gasteiger partial charge in [0, 0.05) is 19.1 Å². The normalized spacial score (nSPS) is 18.0. The number of carbonyl (C=O) groups excluding carboxylic acids is 1. The van der Waals surface area contributed by atoms with Gasteiger partial charge in [0.15, 0.2) is 0 Å². The zero-order valence-corrected chi connectivity index (χ0v) is 18.1. The van der Waals surface area contributed by atoms with Crippen LogP contribution in [0, 0.1) is 0 Å². The van der Waals surface area contributed by atoms with Crippen LogP contribution in [-0.2, 0) is 0 Å². The van der Waals surface area contributed by atoms with Crippen LogP contribution in [0.3, 0.4) is 0 Å². The van der Waals surface area contributed by atoms with E-state index in [2.05, 4.69) is 15.2 Å². The molecule has 164 valence electrons. The van der Waals surface area contributed by atoms with Crippen LogP contribution in [0.15, 0.2) is 36.5 Å². The zero-order valence-electron chi connectivity index (χ0n) is 17.4. The van der Waals surface area contributed by atoms with Gasteiger partial charge in [-0.25, -0.2) is 9.78 Å². The average molecular weight is 443 g/mol. The van der Waals surface area contributed by atoms with Crippen molar-refractivity contribution in [3.05, 3.63) is 52.7 Å². The topological polar surface area (TPSA) is 85.8 Å². The van der Waals surface area contributed by atoms with Crippen molar-refractivity contribution in [1.82, 2.24) is 9.88 Å². The van der Waals surface area contributed by atoms with Crippen molar-refractivity contribution >= 4 is 35.0 Å². The standard InChI is InChI=1S/C23H27ClN4O3/c24-20-7-3-2-6-18(20)22(29)26-16-14-19(23(30)31)21(25-15-16)28-12-8-17(9-13-28)27-10-4-1-5-11-27/h2-3,6-7,14-15,17H,1,4-5,8-13H2,(H,26,29)(H,30,31). The van der Waals surface area contributed by atoms with Crippen LogP contribution in [0.4, 0.5) is 11.5 Å². The molecule has 2 N–H and O–H groups in total. The molecule has 0 atom stereocenters. The van der Waals surface area contributed by atoms with Gasteiger partial charge < -0.3 is 20.2 Å². The van der Waals surface area contributed by atoms with Gasteiger partial charge >= 0.3 is 5.97 Å². The molecule has 0 saturated carbocycles. The van der Waals surface area contributed by atoms with E-state index >= 15 is 0 Å². The van der Waals surface area contributed by atoms with Crippen LogP contribution in [0.2, 0.25) is 5.02 Å². The van der Waals surface area contributed by atoms with Crippen molar-refractivity contribution in [2.24, 2.45) is 0 Å². The molecule has 1 amide bonds. The first-order chi connectivity index (χ1) is 15.0. The smallest absolute Gasteiger partial charge is 0.339 e. The minimum atomic E-state index is -1.06. The second-order valence-corrected chi connectivity index (χ2v) is 8.56. The molecule has 2 fully saturated rings. The molecule has 0 radical (unpaired) electrons. The molecule has 4 rings (SSSR count). The Hall–Kier alpha value is -2.64. The highest BCUT2D eigenvalue weighted by molar-refractivity contribution is 6.34. The number of piperidine rings is 2. The highest BCUT2D eigenvalue weighted by Gasteiger charge is 2.28. The average Bonchev–Trinajstić information content (AvgIpc) is 2.80. The molecule has 2 aliphatic rings. The number of rotatable bonds is 5. The maximum absolute atomic E-state index is 12.5. The Morgan fingerprint density at radius 1 is 1.03 bits per heavy atom. The fourth-order valence-electron chi connectivity index (χ4n) is 4.51. The Bertz CT molecular complexity index is 954. The number of aromatic carboxylic acids is 1. The molecule has 7 nitrogen and oxygen atoms in total. The van der Waals surface area contributed by atoms with E-state index in [1.54, 1.807) is 24.3 Å². The van der Waals surface area contributed by atoms with Crippen molar-refractivity contribution < 1.29 is 14.7 Å². The molecule has 1 aromatic carbocycles. The third kappa shape index (κ3) is 4.99. The third-order valence-electron chi connectivity index (χ3n) is 6.14. The molecule has 3 heterocycles. The minimum absolute atomic E-state index is 0.0911. The van der Waals surface area contributed by atoms with Crippen LogP contribution in [0.5, 0.6) is 0 Å². The highest BCUT2D eigenvalue weighted by Crippen LogP contribution is 2.28. The number of nitrogens with zero attached hydrogens (tertiary/aromatic N) is 3. The molecule has 0 spiro atoms. The van der Waals surface area contributed by atoms with Crippen LogP contribution in [0.1, 0.15) is 52.8 Å². The Kier molecular flexibility index (Phi) is 6.73. The number of anilines is 2. The number of carbonyl (C=O) groups is 2. The van der Waals surface area contributed by atoms with Gasteiger partial charge in [-0.05, 0) is 57.0 Å². The monoisotopic (exact) mass is 442 g/mol. The molecule has 0 aliphatic carbocycles. The van der Waals surface area contributed by atoms with Crippen molar-refractivity contribution in [1.29, 1.82) is 0 Å². The summed E-state index contributed by atoms with van der Waals surface area (Å²) in [5.74, 6) is -1.01. The summed E-state index contributed by atoms with van der Waals surface area (Å²) in [4.78, 5) is 33.5. The lowest BCUT2D eigenvalue weighted by molar-refractivity contribution is 0.0696. The van der Waals surface area contributed by atoms with Crippen LogP contribution >= 0.6 is 11.6 Å². The van der Waals surface area contributed by atoms with E-state index in [1.165, 1.54) is 44.6 Å². The van der Waals surface area contributed by atoms with E-state index < -0.39 is 11.9 Å². The molecule has 31 heavy (non-hydrogen) atoms. The number of carboxylic acids is 1. The van der Waals surface area contributed by atoms with Gasteiger partial charge in [-0.3, -0.25) is 4.79 Å². The van der Waals surface area contributed by atoms with Gasteiger partial charge in [-0.2, -0.15) is 0 Å². The number of hydrogen-bond acceptors (Lipinski definition) is 5. The maximum Gasteiger partial charge on any atom is 0.339 e. The second-order valence-electron chi connectivity index (χ2n) is 8.15. The van der Waals surface area contributed by atoms with E-state index in [0.29, 0.717) is 28.1 Å². The Morgan fingerprint density at radius 3 is 2.42 bits per heavy atom. The summed E-state index contributed by atoms with van der Waals surface area (Å²) in [7, 11) is 0. The van der Waals surface area contributed by atoms with Gasteiger partial charge in [0.25, 0.3) is 5.91 Å². The first-order valence-corrected chi connectivity index (χ1v) is 11.2. The molecule has 8 heteroatoms. The van der Waals surface area contributed by atoms with E-state index in [1.807, 2.05) is 4.90 Å². The van der Waals surface area contributed by atoms with Gasteiger partial charge in [0.05, 0.1) is 22.5 Å². The molecule has 2 saturated heterocycles. The molecule has 2 aliphatic heterocycles. The number of aromatic nitrogens is 1. The molecular weight excluding hydrogens is 416 g/mol. The Morgan fingerprint density at radius 2 is 1.74 bits per heavy atom. The summed E-state index contributed by atoms with van der Waals surface area (Å²) < 4.78 is 0. The molecule has 0 unspecified atom stereocenters. The third-order valence-corrected chi connectivity index (χ3v) is 6.47. The van der Waals surface area contributed by atoms with E-state index in [0.717, 1.165) is 25.9 Å². The van der Waals surface area contributed by atoms with E-state index in [4.69, 9.17) is 11.6 Å². The van der Waals surface area contributed by atoms with Gasteiger partial charge in [0.2, 0.25) is 0 Å². The number of carboxylic acid groups (broad SMARTS) is 1. The van der Waals surface area contributed by atoms with Crippen molar-refractivity contribution in [3.8, 4) is 0 Å². The SMILES string of the molecule is O=C(Nc1cnc(N2CCC(N3CCCCC3)CC2)c(C(=O)O)c1)c1ccccc1Cl. The quantitative estimate of drug-likeness (QED) is 0.723. The predicted octanol–water partition coefficient (Wildman–Crippen LogP) is 4.14. The van der Waals surface area contributed by atoms with Gasteiger partial charge in [0.1, 0.15) is 11.4 Å². The number of likely N-dealkylation sites (tertiary alicyclic amines) is 1. The number of amides is 1. The number of halogens is 1. The van der Waals surface area contributed by atoms with Gasteiger partial charge in [-0.1, -0.05) is 30.2 Å². The maximum atomic E-state index is 12.5. The Labute approximate surface area is 187 Å². The van der Waals surface area contributed by atoms with Crippen molar-refractivity contribution in [2.45, 2.75) is 38.1 Å². The Balaban J connectivity index is 1.46. The minimum Gasteiger partial charge on any atom is -0.478 e. The van der Waals surface area contributed by atoms with Gasteiger partial charge in [-0.15, -0.1) is 0 Å². The fraction of sp³-hybridized carbons (Fsp3) is 0.435. The summed E-state index contributed by atoms with van der Waals surface area (Å²) in [6.45, 7) is 3.89. The second kappa shape index (κ2) is 9.66. The first kappa shape index (κ1) is 21.6. The number of benzene rings is 1. The van der Waals surface area contributed by atoms with Crippen LogP contribution in [-0.4, -0.2) is 59.1 Å². The molecule has 0 bridgehead atoms. The summed E-state index contributed by atoms with van der Waals surface area (Å²) in [6, 6.07) is 8.75. The number of nitrogens with one attached hydrogen (secondary N) is 1. The summed E-state index contributed by atoms with van der Waals surface area (Å²) in [5.41, 5.74) is 0.743. The fourth-order valence-corrected chi connectivity index (χ4v) is 4.73. The van der Waals surface area contributed by atoms with Crippen molar-refractivity contribution in [3.63, 3.8) is 0 Å². The number of pyridine rings is 1. The van der Waals surface area contributed by atoms with Crippen LogP contribution in [0.25, 0.3) is 0 Å². The van der Waals surface area contributed by atoms with E-state index in [-0.39, 0.29) is 5.56 Å². The lowest BCUT2D eigenvalue weighted by atomic mass is 9.99. The zero-order chi connectivity index (χ0) is 21.8. The summed E-state index contributed by atoms with van der Waals surface area (Å²) in [5, 5.41) is 12.8. The van der Waals surface area contributed by atoms with Crippen molar-refractivity contribution in [2.75, 3.05) is 36.4 Å². The van der Waals surface area contributed by atoms with Crippen LogP contribution < -0.4 is 10.2 Å². The lowest BCUT2D eigenvalue weighted by Gasteiger charge is -2.40. The molecule has 1 aromatic heterocycles.